The summed E-state index contributed by atoms with van der Waals surface area (Å²) in [7, 11) is -8.61. The number of hydrogen-bond acceptors (Lipinski definition) is 18. The summed E-state index contributed by atoms with van der Waals surface area (Å²) in [6.07, 6.45) is 2.88. The van der Waals surface area contributed by atoms with Crippen molar-refractivity contribution >= 4 is 88.1 Å². The van der Waals surface area contributed by atoms with Crippen LogP contribution in [0.1, 0.15) is 50.9 Å². The number of amidine groups is 2. The first-order valence-electron chi connectivity index (χ1n) is 20.8. The number of pyridine rings is 2. The number of nitro groups is 2. The normalized spacial score (nSPS) is 19.2. The summed E-state index contributed by atoms with van der Waals surface area (Å²) >= 11 is 0. The molecule has 27 heteroatoms. The molecule has 2 aromatic heterocycles. The molecule has 0 saturated heterocycles. The molecule has 2 N–H and O–H groups in total. The number of amides is 2. The van der Waals surface area contributed by atoms with E-state index in [-0.39, 0.29) is 83.2 Å². The van der Waals surface area contributed by atoms with Crippen LogP contribution in [0.15, 0.2) is 140 Å². The molecule has 0 saturated carbocycles. The molecule has 2 amide bonds. The Balaban J connectivity index is 0.000000188. The van der Waals surface area contributed by atoms with E-state index < -0.39 is 65.6 Å². The predicted molar refractivity (Wildman–Crippen MR) is 250 cm³/mol. The fourth-order valence-electron chi connectivity index (χ4n) is 8.73. The molecule has 6 heterocycles. The number of phenols is 2. The van der Waals surface area contributed by atoms with E-state index in [1.807, 2.05) is 0 Å². The van der Waals surface area contributed by atoms with E-state index in [1.54, 1.807) is 26.0 Å². The van der Waals surface area contributed by atoms with Crippen molar-refractivity contribution in [3.05, 3.63) is 141 Å². The monoisotopic (exact) mass is 1050 g/mol. The van der Waals surface area contributed by atoms with Crippen LogP contribution < -0.4 is 0 Å². The summed E-state index contributed by atoms with van der Waals surface area (Å²) in [6.45, 7) is 5.87. The molecule has 4 atom stereocenters. The van der Waals surface area contributed by atoms with Crippen LogP contribution in [0.2, 0.25) is 0 Å². The van der Waals surface area contributed by atoms with Crippen LogP contribution >= 0.6 is 0 Å². The van der Waals surface area contributed by atoms with Gasteiger partial charge >= 0.3 is 0 Å². The summed E-state index contributed by atoms with van der Waals surface area (Å²) in [4.78, 5) is 53.8. The van der Waals surface area contributed by atoms with E-state index in [0.717, 1.165) is 8.83 Å². The number of carbonyl (C=O) groups excluding carboxylic acids is 2. The molecular weight excluding hydrogens is 1020 g/mol. The van der Waals surface area contributed by atoms with Gasteiger partial charge in [0.05, 0.1) is 43.6 Å². The van der Waals surface area contributed by atoms with Gasteiger partial charge in [-0.25, -0.2) is 10.0 Å². The van der Waals surface area contributed by atoms with Crippen molar-refractivity contribution in [1.82, 2.24) is 28.8 Å². The molecule has 4 aromatic carbocycles. The van der Waals surface area contributed by atoms with Crippen LogP contribution in [0.4, 0.5) is 11.4 Å². The zero-order valence-electron chi connectivity index (χ0n) is 37.2. The number of non-ortho nitro benzene ring substituents is 2. The van der Waals surface area contributed by atoms with E-state index in [1.165, 1.54) is 121 Å². The van der Waals surface area contributed by atoms with E-state index in [9.17, 15) is 56.9 Å². The van der Waals surface area contributed by atoms with Gasteiger partial charge in [-0.05, 0) is 73.5 Å². The maximum Gasteiger partial charge on any atom is 0.285 e. The van der Waals surface area contributed by atoms with Gasteiger partial charge in [-0.1, -0.05) is 24.3 Å². The summed E-state index contributed by atoms with van der Waals surface area (Å²) in [5.74, 6) is -2.50. The molecule has 24 nitrogen and oxygen atoms in total. The second-order valence-electron chi connectivity index (χ2n) is 16.1. The fraction of sp³-hybridized carbons (Fsp3) is 0.182. The van der Waals surface area contributed by atoms with Gasteiger partial charge < -0.3 is 10.2 Å². The largest absolute Gasteiger partial charge is 0.506 e. The quantitative estimate of drug-likeness (QED) is 0.108. The number of sulfonamides is 2. The summed E-state index contributed by atoms with van der Waals surface area (Å²) in [6, 6.07) is 21.0. The SMILES string of the molecule is CC(=O)N1N=C2C(C(C)=NN2S(=O)(=O)c2ccc(O)c3ncccc23)C1c1ccc([N+](=O)[O-])cc1.CC(=O)N1N=C2C(C(C)=NN2S(=O)(=O)c2ccc(O)c3ncccc23)C1c1ccc([N+](=O)[O-])cc1.[Cu]. The molecule has 367 valence electrons. The number of benzene rings is 4. The molecule has 0 bridgehead atoms. The zero-order chi connectivity index (χ0) is 50.1. The van der Waals surface area contributed by atoms with Crippen molar-refractivity contribution in [1.29, 1.82) is 0 Å². The number of aromatic hydroxyl groups is 2. The number of carbonyl (C=O) groups is 2. The predicted octanol–water partition coefficient (Wildman–Crippen LogP) is 5.52. The zero-order valence-corrected chi connectivity index (χ0v) is 39.7. The van der Waals surface area contributed by atoms with Gasteiger partial charge in [-0.3, -0.25) is 39.8 Å². The minimum absolute atomic E-state index is 0. The molecule has 0 aliphatic carbocycles. The number of phenolic OH excluding ortho intramolecular Hbond substituents is 2. The fourth-order valence-corrected chi connectivity index (χ4v) is 11.7. The number of nitro benzene ring substituents is 2. The Hall–Kier alpha value is -8.26. The third kappa shape index (κ3) is 8.22. The minimum atomic E-state index is -4.31. The van der Waals surface area contributed by atoms with Crippen LogP contribution in [0.3, 0.4) is 0 Å². The van der Waals surface area contributed by atoms with Crippen molar-refractivity contribution in [2.75, 3.05) is 0 Å². The van der Waals surface area contributed by atoms with E-state index in [2.05, 4.69) is 30.4 Å². The van der Waals surface area contributed by atoms with E-state index >= 15 is 0 Å². The van der Waals surface area contributed by atoms with Gasteiger partial charge in [0.25, 0.3) is 31.4 Å². The second-order valence-corrected chi connectivity index (χ2v) is 19.6. The Morgan fingerprint density at radius 3 is 1.24 bits per heavy atom. The molecule has 10 rings (SSSR count). The Kier molecular flexibility index (Phi) is 12.6. The third-order valence-electron chi connectivity index (χ3n) is 11.9. The summed E-state index contributed by atoms with van der Waals surface area (Å²) in [5, 5.41) is 62.3. The molecule has 4 unspecified atom stereocenters. The van der Waals surface area contributed by atoms with Gasteiger partial charge in [0.15, 0.2) is 11.7 Å². The van der Waals surface area contributed by atoms with Crippen molar-refractivity contribution in [3.8, 4) is 11.5 Å². The first kappa shape index (κ1) is 49.2. The number of nitrogens with zero attached hydrogens (tertiary/aromatic N) is 12. The standard InChI is InChI=1S/2C22H18N6O6S.Cu/c2*1-12-19-21(14-5-7-15(8-6-14)28(31)32)26(13(2)29)25-22(19)27(24-12)35(33,34)18-10-9-17(30)20-16(18)4-3-11-23-20;/h2*3-11,19,21,30H,1-2H3;. The molecule has 0 spiro atoms. The second kappa shape index (κ2) is 18.2. The molecule has 6 aromatic rings. The first-order chi connectivity index (χ1) is 33.2. The minimum Gasteiger partial charge on any atom is -0.506 e. The van der Waals surface area contributed by atoms with Crippen molar-refractivity contribution < 1.29 is 63.6 Å². The Labute approximate surface area is 412 Å². The van der Waals surface area contributed by atoms with Crippen molar-refractivity contribution in [2.45, 2.75) is 49.6 Å². The molecule has 1 radical (unpaired) electrons. The van der Waals surface area contributed by atoms with Crippen LogP contribution in [-0.4, -0.2) is 101 Å². The van der Waals surface area contributed by atoms with Gasteiger partial charge in [0.1, 0.15) is 22.5 Å². The Bertz CT molecular complexity index is 3380. The number of hydrazone groups is 4. The smallest absolute Gasteiger partial charge is 0.285 e. The van der Waals surface area contributed by atoms with Gasteiger partial charge in [0.2, 0.25) is 11.8 Å². The molecule has 4 aliphatic heterocycles. The van der Waals surface area contributed by atoms with Crippen LogP contribution in [0.25, 0.3) is 21.8 Å². The molecular formula is C44H36CuN12O12S2. The van der Waals surface area contributed by atoms with Crippen molar-refractivity contribution in [3.63, 3.8) is 0 Å². The number of aromatic nitrogens is 2. The van der Waals surface area contributed by atoms with Crippen LogP contribution in [-0.2, 0) is 46.7 Å². The number of rotatable bonds is 8. The van der Waals surface area contributed by atoms with Gasteiger partial charge in [-0.15, -0.1) is 8.83 Å². The summed E-state index contributed by atoms with van der Waals surface area (Å²) in [5.41, 5.74) is 1.90. The van der Waals surface area contributed by atoms with E-state index in [4.69, 9.17) is 0 Å². The molecule has 71 heavy (non-hydrogen) atoms. The maximum atomic E-state index is 13.7. The number of hydrogen-bond donors (Lipinski definition) is 2. The Morgan fingerprint density at radius 2 is 0.915 bits per heavy atom. The van der Waals surface area contributed by atoms with Gasteiger partial charge in [-0.2, -0.15) is 37.2 Å². The number of fused-ring (bicyclic) bond motifs is 4. The van der Waals surface area contributed by atoms with Gasteiger partial charge in [0, 0.05) is 89.8 Å². The average Bonchev–Trinajstić information content (AvgIpc) is 4.10. The van der Waals surface area contributed by atoms with E-state index in [0.29, 0.717) is 22.6 Å². The molecule has 4 aliphatic rings. The molecule has 0 fully saturated rings. The topological polar surface area (TPSA) is 317 Å². The average molecular weight is 1050 g/mol. The van der Waals surface area contributed by atoms with Crippen molar-refractivity contribution in [2.24, 2.45) is 32.2 Å². The van der Waals surface area contributed by atoms with Crippen LogP contribution in [0.5, 0.6) is 11.5 Å². The van der Waals surface area contributed by atoms with Crippen LogP contribution in [0, 0.1) is 32.1 Å². The first-order valence-corrected chi connectivity index (χ1v) is 23.7. The maximum absolute atomic E-state index is 13.7. The summed E-state index contributed by atoms with van der Waals surface area (Å²) < 4.78 is 56.5. The Morgan fingerprint density at radius 1 is 0.563 bits per heavy atom. The third-order valence-corrected chi connectivity index (χ3v) is 15.2.